The van der Waals surface area contributed by atoms with Gasteiger partial charge in [0, 0.05) is 56.3 Å². The molecule has 0 aliphatic carbocycles. The maximum atomic E-state index is 15.5. The minimum Gasteiger partial charge on any atom is -0.459 e. The molecule has 5 N–H and O–H groups in total. The second-order valence-electron chi connectivity index (χ2n) is 28.7. The van der Waals surface area contributed by atoms with Crippen molar-refractivity contribution in [2.45, 2.75) is 262 Å². The van der Waals surface area contributed by atoms with E-state index in [-0.39, 0.29) is 62.7 Å². The number of aliphatic hydroxyl groups is 1. The molecule has 1 rings (SSSR count). The summed E-state index contributed by atoms with van der Waals surface area (Å²) in [4.78, 5) is 185. The smallest absolute Gasteiger partial charge is 0.303 e. The summed E-state index contributed by atoms with van der Waals surface area (Å²) < 4.78 is 5.96. The number of nitrogens with zero attached hydrogens (tertiary/aromatic N) is 7. The van der Waals surface area contributed by atoms with Gasteiger partial charge in [-0.15, -0.1) is 0 Å². The normalized spacial score (nSPS) is 26.8. The van der Waals surface area contributed by atoms with E-state index in [1.165, 1.54) is 94.6 Å². The van der Waals surface area contributed by atoms with Crippen LogP contribution in [-0.2, 0) is 62.3 Å². The third kappa shape index (κ3) is 23.9. The highest BCUT2D eigenvalue weighted by molar-refractivity contribution is 6.00. The first kappa shape index (κ1) is 84.4. The zero-order valence-corrected chi connectivity index (χ0v) is 61.5. The predicted molar refractivity (Wildman–Crippen MR) is 358 cm³/mol. The second kappa shape index (κ2) is 37.4. The van der Waals surface area contributed by atoms with Crippen LogP contribution in [0.1, 0.15) is 183 Å². The molecule has 0 aromatic heterocycles. The summed E-state index contributed by atoms with van der Waals surface area (Å²) in [6.45, 7) is 33.5. The van der Waals surface area contributed by atoms with Crippen molar-refractivity contribution in [3.8, 4) is 0 Å². The first-order chi connectivity index (χ1) is 42.7. The summed E-state index contributed by atoms with van der Waals surface area (Å²) in [7, 11) is 9.83. The van der Waals surface area contributed by atoms with Gasteiger partial charge in [-0.1, -0.05) is 102 Å². The molecule has 14 atom stereocenters. The summed E-state index contributed by atoms with van der Waals surface area (Å²) in [6, 6.07) is -14.2. The number of esters is 1. The fourth-order valence-corrected chi connectivity index (χ4v) is 11.9. The minimum absolute atomic E-state index is 0.0372. The van der Waals surface area contributed by atoms with Gasteiger partial charge >= 0.3 is 5.97 Å². The first-order valence-corrected chi connectivity index (χ1v) is 33.3. The van der Waals surface area contributed by atoms with Crippen LogP contribution in [0.3, 0.4) is 0 Å². The molecular formula is C68H121N11O14. The van der Waals surface area contributed by atoms with Gasteiger partial charge in [0.05, 0.1) is 5.60 Å². The Balaban J connectivity index is 4.57. The van der Waals surface area contributed by atoms with Gasteiger partial charge in [-0.2, -0.15) is 0 Å². The van der Waals surface area contributed by atoms with E-state index in [1.54, 1.807) is 75.3 Å². The van der Waals surface area contributed by atoms with Gasteiger partial charge in [-0.25, -0.2) is 0 Å². The highest BCUT2D eigenvalue weighted by Crippen LogP contribution is 2.28. The zero-order chi connectivity index (χ0) is 72.3. The quantitative estimate of drug-likeness (QED) is 0.0941. The number of nitrogens with one attached hydrogen (secondary N) is 4. The molecule has 0 aromatic carbocycles. The lowest BCUT2D eigenvalue weighted by Gasteiger charge is -2.42. The number of hydrogen-bond acceptors (Lipinski definition) is 14. The Kier molecular flexibility index (Phi) is 34.0. The van der Waals surface area contributed by atoms with Crippen molar-refractivity contribution < 1.29 is 67.4 Å². The predicted octanol–water partition coefficient (Wildman–Crippen LogP) is 4.37. The van der Waals surface area contributed by atoms with E-state index in [0.29, 0.717) is 0 Å². The maximum Gasteiger partial charge on any atom is 0.303 e. The fraction of sp³-hybridized carbons (Fsp3) is 0.794. The molecule has 93 heavy (non-hydrogen) atoms. The number of ether oxygens (including phenoxy) is 1. The van der Waals surface area contributed by atoms with Crippen molar-refractivity contribution >= 4 is 70.9 Å². The number of hydrogen-bond donors (Lipinski definition) is 5. The Hall–Kier alpha value is -6.66. The maximum absolute atomic E-state index is 15.5. The highest BCUT2D eigenvalue weighted by Gasteiger charge is 2.47. The summed E-state index contributed by atoms with van der Waals surface area (Å²) in [6.07, 6.45) is 3.29. The molecule has 25 nitrogen and oxygen atoms in total. The van der Waals surface area contributed by atoms with Gasteiger partial charge in [0.1, 0.15) is 72.6 Å². The van der Waals surface area contributed by atoms with Crippen LogP contribution in [0.4, 0.5) is 0 Å². The number of rotatable bonds is 18. The van der Waals surface area contributed by atoms with Crippen molar-refractivity contribution in [1.29, 1.82) is 0 Å². The molecule has 0 bridgehead atoms. The van der Waals surface area contributed by atoms with Gasteiger partial charge < -0.3 is 65.4 Å². The number of allylic oxidation sites excluding steroid dienone is 2. The zero-order valence-electron chi connectivity index (χ0n) is 61.5. The fourth-order valence-electron chi connectivity index (χ4n) is 11.9. The summed E-state index contributed by atoms with van der Waals surface area (Å²) in [5.74, 6) is -11.7. The van der Waals surface area contributed by atoms with E-state index in [1.807, 2.05) is 47.6 Å². The number of carbonyl (C=O) groups excluding carboxylic acids is 12. The van der Waals surface area contributed by atoms with Crippen molar-refractivity contribution in [1.82, 2.24) is 55.6 Å². The van der Waals surface area contributed by atoms with Crippen LogP contribution in [0.5, 0.6) is 0 Å². The van der Waals surface area contributed by atoms with Gasteiger partial charge in [-0.3, -0.25) is 57.5 Å². The topological polar surface area (TPSA) is 305 Å². The number of likely N-dealkylation sites (N-methyl/N-ethyl adjacent to an activating group) is 7. The first-order valence-electron chi connectivity index (χ1n) is 33.3. The molecule has 1 heterocycles. The minimum atomic E-state index is -1.64. The average Bonchev–Trinajstić information content (AvgIpc) is 0.828. The molecule has 1 aliphatic heterocycles. The third-order valence-corrected chi connectivity index (χ3v) is 17.8. The molecule has 0 saturated carbocycles. The number of carbonyl (C=O) groups is 12. The molecule has 0 radical (unpaired) electrons. The van der Waals surface area contributed by atoms with Crippen LogP contribution in [0.25, 0.3) is 0 Å². The Morgan fingerprint density at radius 3 is 1.41 bits per heavy atom. The lowest BCUT2D eigenvalue weighted by molar-refractivity contribution is -0.164. The average molecular weight is 1320 g/mol. The standard InChI is InChI=1S/C68H121N11O14/c1-28-30-31-43(14)56(93-47(18)80)55-60(84)71-48(29-2)63(87)73(21)46(17)62(86)78(26)54(42(13)32-33-68(19,20)92)59(83)72-52(40(9)10)66(90)74(22)49(34-37(3)4)58(82)69-44(15)57(81)70-45(16)61(85)75(23)50(35-38(5)6)64(88)76(24)51(36-39(7)8)65(89)77(25)53(41(11)12)67(91)79(55)27/h28,30,37-46,48-56,92H,29,31-36H2,1-27H3,(H,69,82)(H,70,81)(H,71,84)(H,72,83)/b30-28+/t42-,43-,44+,45-,46-,48+,49+,50+,51+,52+,53+,54+,55+,56-/m1/s1. The van der Waals surface area contributed by atoms with Crippen molar-refractivity contribution in [3.05, 3.63) is 12.2 Å². The van der Waals surface area contributed by atoms with Gasteiger partial charge in [-0.05, 0) is 128 Å². The molecular weight excluding hydrogens is 1190 g/mol. The van der Waals surface area contributed by atoms with Crippen LogP contribution < -0.4 is 21.3 Å². The van der Waals surface area contributed by atoms with Gasteiger partial charge in [0.2, 0.25) is 65.0 Å². The van der Waals surface area contributed by atoms with Crippen molar-refractivity contribution in [3.63, 3.8) is 0 Å². The Morgan fingerprint density at radius 2 is 0.957 bits per heavy atom. The van der Waals surface area contributed by atoms with E-state index in [0.717, 1.165) is 16.7 Å². The lowest BCUT2D eigenvalue weighted by Crippen LogP contribution is -2.64. The van der Waals surface area contributed by atoms with Crippen LogP contribution in [0.2, 0.25) is 0 Å². The highest BCUT2D eigenvalue weighted by atomic mass is 16.5. The largest absolute Gasteiger partial charge is 0.459 e. The molecule has 532 valence electrons. The Labute approximate surface area is 556 Å². The molecule has 1 saturated heterocycles. The van der Waals surface area contributed by atoms with Crippen LogP contribution in [0.15, 0.2) is 12.2 Å². The third-order valence-electron chi connectivity index (χ3n) is 17.8. The van der Waals surface area contributed by atoms with Crippen LogP contribution in [-0.4, -0.2) is 238 Å². The van der Waals surface area contributed by atoms with E-state index in [9.17, 15) is 43.5 Å². The molecule has 25 heteroatoms. The van der Waals surface area contributed by atoms with Gasteiger partial charge in [0.15, 0.2) is 0 Å². The van der Waals surface area contributed by atoms with Crippen LogP contribution in [0, 0.1) is 41.4 Å². The molecule has 0 aromatic rings. The summed E-state index contributed by atoms with van der Waals surface area (Å²) in [5, 5.41) is 21.9. The molecule has 1 aliphatic rings. The monoisotopic (exact) mass is 1320 g/mol. The number of amides is 11. The van der Waals surface area contributed by atoms with Crippen molar-refractivity contribution in [2.75, 3.05) is 49.3 Å². The molecule has 0 spiro atoms. The molecule has 11 amide bonds. The van der Waals surface area contributed by atoms with E-state index in [2.05, 4.69) is 21.3 Å². The lowest BCUT2D eigenvalue weighted by atomic mass is 9.89. The second-order valence-corrected chi connectivity index (χ2v) is 28.7. The SMILES string of the molecule is C/C=C/C[C@@H](C)[C@@H](OC(C)=O)[C@H]1C(=O)N[C@@H](CC)C(=O)N(C)[C@H](C)C(=O)N(C)[C@@H]([C@H](C)CCC(C)(C)O)C(=O)N[C@@H](C(C)C)C(=O)N(C)[C@@H](CC(C)C)C(=O)N[C@@H](C)C(=O)N[C@H](C)C(=O)N(C)[C@@H](CC(C)C)C(=O)N(C)[C@@H](CC(C)C)C(=O)N(C)[C@@H](C(C)C)C(=O)N1C. The van der Waals surface area contributed by atoms with E-state index < -0.39 is 173 Å². The van der Waals surface area contributed by atoms with E-state index >= 15 is 19.2 Å². The Bertz CT molecular complexity index is 2600. The molecule has 1 fully saturated rings. The van der Waals surface area contributed by atoms with E-state index in [4.69, 9.17) is 4.74 Å². The van der Waals surface area contributed by atoms with Gasteiger partial charge in [0.25, 0.3) is 0 Å². The summed E-state index contributed by atoms with van der Waals surface area (Å²) >= 11 is 0. The van der Waals surface area contributed by atoms with Crippen LogP contribution >= 0.6 is 0 Å². The summed E-state index contributed by atoms with van der Waals surface area (Å²) in [5.41, 5.74) is -1.18. The molecule has 0 unspecified atom stereocenters. The van der Waals surface area contributed by atoms with Crippen molar-refractivity contribution in [2.24, 2.45) is 41.4 Å². The Morgan fingerprint density at radius 1 is 0.516 bits per heavy atom.